The highest BCUT2D eigenvalue weighted by atomic mass is 16.1. The molecule has 0 radical (unpaired) electrons. The maximum absolute atomic E-state index is 12.6. The maximum Gasteiger partial charge on any atom is 0.255 e. The lowest BCUT2D eigenvalue weighted by molar-refractivity contribution is -0.123. The predicted molar refractivity (Wildman–Crippen MR) is 139 cm³/mol. The molecule has 172 valence electrons. The molecule has 0 aromatic heterocycles. The van der Waals surface area contributed by atoms with Gasteiger partial charge in [0.05, 0.1) is 0 Å². The molecule has 34 heavy (non-hydrogen) atoms. The number of carbonyl (C=O) groups excluding carboxylic acids is 2. The van der Waals surface area contributed by atoms with E-state index in [4.69, 9.17) is 0 Å². The van der Waals surface area contributed by atoms with Crippen molar-refractivity contribution in [2.45, 2.75) is 51.4 Å². The number of Topliss-reactive ketones (excluding diaryl/α,β-unsaturated/α-hetero) is 1. The van der Waals surface area contributed by atoms with E-state index in [-0.39, 0.29) is 11.8 Å². The summed E-state index contributed by atoms with van der Waals surface area (Å²) in [5.74, 6) is 0.574. The number of aryl methyl sites for hydroxylation is 1. The van der Waals surface area contributed by atoms with E-state index < -0.39 is 0 Å². The Kier molecular flexibility index (Phi) is 6.71. The van der Waals surface area contributed by atoms with E-state index >= 15 is 0 Å². The van der Waals surface area contributed by atoms with Crippen molar-refractivity contribution in [1.29, 1.82) is 0 Å². The molecular formula is C31H31NO2. The Morgan fingerprint density at radius 1 is 0.824 bits per heavy atom. The number of rotatable bonds is 6. The molecule has 1 N–H and O–H groups in total. The lowest BCUT2D eigenvalue weighted by Gasteiger charge is -2.20. The van der Waals surface area contributed by atoms with Gasteiger partial charge in [0.2, 0.25) is 0 Å². The average Bonchev–Trinajstić information content (AvgIpc) is 2.89. The van der Waals surface area contributed by atoms with Crippen LogP contribution in [0.5, 0.6) is 0 Å². The summed E-state index contributed by atoms with van der Waals surface area (Å²) in [5, 5.41) is 3.02. The molecule has 3 nitrogen and oxygen atoms in total. The quantitative estimate of drug-likeness (QED) is 0.435. The van der Waals surface area contributed by atoms with Gasteiger partial charge in [-0.3, -0.25) is 9.59 Å². The van der Waals surface area contributed by atoms with Crippen molar-refractivity contribution in [3.8, 4) is 0 Å². The second kappa shape index (κ2) is 10.2. The molecule has 1 fully saturated rings. The number of carbonyl (C=O) groups is 2. The molecule has 5 rings (SSSR count). The standard InChI is InChI=1S/C31H31NO2/c33-30(25-7-3-1-4-8-25)19-22-11-13-23(14-12-22)27-16-15-24-17-18-29(21-28(24)20-27)32-31(34)26-9-5-2-6-10-26/h2,5-6,9-14,17-18,20-21,25H,1,3-4,7-8,15-16,19H2,(H,32,34). The Hall–Kier alpha value is -3.46. The third kappa shape index (κ3) is 5.20. The van der Waals surface area contributed by atoms with E-state index in [9.17, 15) is 9.59 Å². The second-order valence-corrected chi connectivity index (χ2v) is 9.58. The molecule has 0 aliphatic heterocycles. The summed E-state index contributed by atoms with van der Waals surface area (Å²) in [6.07, 6.45) is 10.6. The number of hydrogen-bond donors (Lipinski definition) is 1. The van der Waals surface area contributed by atoms with Crippen LogP contribution in [0.2, 0.25) is 0 Å². The second-order valence-electron chi connectivity index (χ2n) is 9.58. The highest BCUT2D eigenvalue weighted by Gasteiger charge is 2.21. The van der Waals surface area contributed by atoms with E-state index in [2.05, 4.69) is 47.8 Å². The summed E-state index contributed by atoms with van der Waals surface area (Å²) < 4.78 is 0. The van der Waals surface area contributed by atoms with Crippen LogP contribution >= 0.6 is 0 Å². The zero-order valence-electron chi connectivity index (χ0n) is 19.6. The van der Waals surface area contributed by atoms with E-state index in [1.54, 1.807) is 0 Å². The molecule has 3 aromatic carbocycles. The van der Waals surface area contributed by atoms with Crippen LogP contribution in [-0.2, 0) is 17.6 Å². The lowest BCUT2D eigenvalue weighted by Crippen LogP contribution is -2.19. The van der Waals surface area contributed by atoms with Gasteiger partial charge < -0.3 is 5.32 Å². The van der Waals surface area contributed by atoms with Gasteiger partial charge in [-0.25, -0.2) is 0 Å². The molecule has 0 heterocycles. The third-order valence-corrected chi connectivity index (χ3v) is 7.20. The first-order valence-corrected chi connectivity index (χ1v) is 12.5. The van der Waals surface area contributed by atoms with Crippen molar-refractivity contribution in [3.05, 3.63) is 101 Å². The maximum atomic E-state index is 12.6. The molecule has 3 aromatic rings. The Balaban J connectivity index is 1.28. The van der Waals surface area contributed by atoms with Gasteiger partial charge >= 0.3 is 0 Å². The van der Waals surface area contributed by atoms with Crippen molar-refractivity contribution in [2.75, 3.05) is 5.32 Å². The third-order valence-electron chi connectivity index (χ3n) is 7.20. The summed E-state index contributed by atoms with van der Waals surface area (Å²) in [7, 11) is 0. The molecule has 0 atom stereocenters. The van der Waals surface area contributed by atoms with Crippen molar-refractivity contribution < 1.29 is 9.59 Å². The zero-order chi connectivity index (χ0) is 23.3. The van der Waals surface area contributed by atoms with Crippen molar-refractivity contribution in [2.24, 2.45) is 5.92 Å². The van der Waals surface area contributed by atoms with Crippen molar-refractivity contribution in [1.82, 2.24) is 0 Å². The van der Waals surface area contributed by atoms with E-state index in [1.807, 2.05) is 36.4 Å². The van der Waals surface area contributed by atoms with Crippen LogP contribution in [0.1, 0.15) is 71.1 Å². The lowest BCUT2D eigenvalue weighted by atomic mass is 9.84. The molecule has 0 unspecified atom stereocenters. The number of nitrogens with one attached hydrogen (secondary N) is 1. The topological polar surface area (TPSA) is 46.2 Å². The molecule has 3 heteroatoms. The van der Waals surface area contributed by atoms with E-state index in [0.29, 0.717) is 17.8 Å². The minimum atomic E-state index is -0.0982. The van der Waals surface area contributed by atoms with Crippen LogP contribution in [0.4, 0.5) is 5.69 Å². The first kappa shape index (κ1) is 22.3. The van der Waals surface area contributed by atoms with Gasteiger partial charge in [-0.2, -0.15) is 0 Å². The first-order chi connectivity index (χ1) is 16.7. The van der Waals surface area contributed by atoms with Crippen LogP contribution in [0, 0.1) is 5.92 Å². The molecule has 0 bridgehead atoms. The summed E-state index contributed by atoms with van der Waals surface area (Å²) >= 11 is 0. The average molecular weight is 450 g/mol. The predicted octanol–water partition coefficient (Wildman–Crippen LogP) is 7.12. The number of anilines is 1. The smallest absolute Gasteiger partial charge is 0.255 e. The van der Waals surface area contributed by atoms with Gasteiger partial charge in [-0.05, 0) is 77.8 Å². The van der Waals surface area contributed by atoms with Crippen LogP contribution in [0.3, 0.4) is 0 Å². The minimum Gasteiger partial charge on any atom is -0.322 e. The first-order valence-electron chi connectivity index (χ1n) is 12.5. The number of hydrogen-bond acceptors (Lipinski definition) is 2. The van der Waals surface area contributed by atoms with Crippen molar-refractivity contribution in [3.63, 3.8) is 0 Å². The Bertz CT molecular complexity index is 1200. The highest BCUT2D eigenvalue weighted by Crippen LogP contribution is 2.32. The molecular weight excluding hydrogens is 418 g/mol. The van der Waals surface area contributed by atoms with Gasteiger partial charge in [-0.1, -0.05) is 73.9 Å². The molecule has 2 aliphatic rings. The summed E-state index contributed by atoms with van der Waals surface area (Å²) in [5.41, 5.74) is 7.53. The van der Waals surface area contributed by atoms with Crippen molar-refractivity contribution >= 4 is 29.0 Å². The number of benzene rings is 3. The molecule has 0 spiro atoms. The van der Waals surface area contributed by atoms with Gasteiger partial charge in [0.1, 0.15) is 5.78 Å². The summed E-state index contributed by atoms with van der Waals surface area (Å²) in [4.78, 5) is 25.2. The Labute approximate surface area is 201 Å². The largest absolute Gasteiger partial charge is 0.322 e. The number of fused-ring (bicyclic) bond motifs is 1. The summed E-state index contributed by atoms with van der Waals surface area (Å²) in [6.45, 7) is 0. The van der Waals surface area contributed by atoms with E-state index in [1.165, 1.54) is 36.0 Å². The fourth-order valence-electron chi connectivity index (χ4n) is 5.19. The van der Waals surface area contributed by atoms with Crippen LogP contribution in [0.15, 0.2) is 72.8 Å². The van der Waals surface area contributed by atoms with Gasteiger partial charge in [-0.15, -0.1) is 0 Å². The van der Waals surface area contributed by atoms with Gasteiger partial charge in [0.15, 0.2) is 0 Å². The van der Waals surface area contributed by atoms with Gasteiger partial charge in [0.25, 0.3) is 5.91 Å². The monoisotopic (exact) mass is 449 g/mol. The Morgan fingerprint density at radius 2 is 1.59 bits per heavy atom. The minimum absolute atomic E-state index is 0.0982. The summed E-state index contributed by atoms with van der Waals surface area (Å²) in [6, 6.07) is 24.0. The fraction of sp³-hybridized carbons (Fsp3) is 0.290. The Morgan fingerprint density at radius 3 is 2.35 bits per heavy atom. The normalized spacial score (nSPS) is 15.8. The number of amides is 1. The highest BCUT2D eigenvalue weighted by molar-refractivity contribution is 6.04. The van der Waals surface area contributed by atoms with Crippen LogP contribution in [-0.4, -0.2) is 11.7 Å². The van der Waals surface area contributed by atoms with E-state index in [0.717, 1.165) is 42.5 Å². The van der Waals surface area contributed by atoms with Crippen LogP contribution < -0.4 is 5.32 Å². The molecule has 0 saturated heterocycles. The fourth-order valence-corrected chi connectivity index (χ4v) is 5.19. The number of allylic oxidation sites excluding steroid dienone is 1. The number of ketones is 1. The SMILES string of the molecule is O=C(Nc1ccc2c(c1)C=C(c1ccc(CC(=O)C3CCCCC3)cc1)CC2)c1ccccc1. The molecule has 1 saturated carbocycles. The molecule has 2 aliphatic carbocycles. The zero-order valence-corrected chi connectivity index (χ0v) is 19.6. The van der Waals surface area contributed by atoms with Crippen LogP contribution in [0.25, 0.3) is 11.6 Å². The van der Waals surface area contributed by atoms with Gasteiger partial charge in [0, 0.05) is 23.6 Å². The molecule has 1 amide bonds.